The van der Waals surface area contributed by atoms with Crippen molar-refractivity contribution in [2.75, 3.05) is 5.32 Å². The van der Waals surface area contributed by atoms with E-state index in [1.54, 1.807) is 12.3 Å². The number of carbonyl (C=O) groups is 1. The first-order valence-corrected chi connectivity index (χ1v) is 6.83. The third-order valence-electron chi connectivity index (χ3n) is 3.59. The summed E-state index contributed by atoms with van der Waals surface area (Å²) in [7, 11) is 0. The van der Waals surface area contributed by atoms with E-state index in [0.29, 0.717) is 12.2 Å². The maximum Gasteiger partial charge on any atom is 0.320 e. The Hall–Kier alpha value is -2.47. The number of aryl methyl sites for hydroxylation is 1. The number of hydrogen-bond donors (Lipinski definition) is 3. The number of anilines is 1. The summed E-state index contributed by atoms with van der Waals surface area (Å²) in [5.41, 5.74) is 2.13. The van der Waals surface area contributed by atoms with E-state index in [0.717, 1.165) is 17.5 Å². The first kappa shape index (κ1) is 13.5. The third kappa shape index (κ3) is 3.00. The molecule has 0 aliphatic heterocycles. The molecule has 0 fully saturated rings. The Morgan fingerprint density at radius 2 is 2.14 bits per heavy atom. The van der Waals surface area contributed by atoms with Gasteiger partial charge in [-0.25, -0.2) is 14.8 Å². The number of nitrogens with one attached hydrogen (secondary N) is 2. The van der Waals surface area contributed by atoms with Crippen molar-refractivity contribution in [2.45, 2.75) is 25.0 Å². The summed E-state index contributed by atoms with van der Waals surface area (Å²) in [5.74, 6) is 0.418. The number of fused-ring (bicyclic) bond motifs is 1. The van der Waals surface area contributed by atoms with Crippen LogP contribution in [-0.4, -0.2) is 27.2 Å². The molecule has 6 heteroatoms. The summed E-state index contributed by atoms with van der Waals surface area (Å²) < 4.78 is 0. The predicted octanol–water partition coefficient (Wildman–Crippen LogP) is 1.65. The first-order chi connectivity index (χ1) is 10.2. The maximum atomic E-state index is 12.0. The maximum absolute atomic E-state index is 12.0. The van der Waals surface area contributed by atoms with Crippen LogP contribution >= 0.6 is 0 Å². The summed E-state index contributed by atoms with van der Waals surface area (Å²) in [5, 5.41) is 15.6. The van der Waals surface area contributed by atoms with Crippen LogP contribution in [0.1, 0.15) is 23.6 Å². The van der Waals surface area contributed by atoms with Crippen LogP contribution in [0.4, 0.5) is 10.6 Å². The Morgan fingerprint density at radius 3 is 2.95 bits per heavy atom. The molecule has 2 amide bonds. The summed E-state index contributed by atoms with van der Waals surface area (Å²) in [4.78, 5) is 19.8. The highest BCUT2D eigenvalue weighted by atomic mass is 16.3. The van der Waals surface area contributed by atoms with Crippen molar-refractivity contribution in [1.29, 1.82) is 0 Å². The number of aliphatic hydroxyl groups excluding tert-OH is 1. The SMILES string of the molecule is O=C(Nc1ccncn1)N[C@H]1c2ccccc2CC[C@H]1O. The zero-order chi connectivity index (χ0) is 14.7. The highest BCUT2D eigenvalue weighted by Gasteiger charge is 2.29. The molecule has 0 bridgehead atoms. The van der Waals surface area contributed by atoms with Crippen LogP contribution in [0, 0.1) is 0 Å². The molecule has 21 heavy (non-hydrogen) atoms. The molecular weight excluding hydrogens is 268 g/mol. The van der Waals surface area contributed by atoms with Gasteiger partial charge in [0.25, 0.3) is 0 Å². The number of urea groups is 1. The van der Waals surface area contributed by atoms with Gasteiger partial charge in [0, 0.05) is 6.20 Å². The third-order valence-corrected chi connectivity index (χ3v) is 3.59. The van der Waals surface area contributed by atoms with Crippen molar-refractivity contribution >= 4 is 11.8 Å². The highest BCUT2D eigenvalue weighted by molar-refractivity contribution is 5.88. The second-order valence-corrected chi connectivity index (χ2v) is 4.98. The van der Waals surface area contributed by atoms with E-state index in [1.165, 1.54) is 6.33 Å². The monoisotopic (exact) mass is 284 g/mol. The Kier molecular flexibility index (Phi) is 3.79. The number of carbonyl (C=O) groups excluding carboxylic acids is 1. The van der Waals surface area contributed by atoms with Crippen molar-refractivity contribution in [1.82, 2.24) is 15.3 Å². The quantitative estimate of drug-likeness (QED) is 0.782. The molecule has 0 unspecified atom stereocenters. The van der Waals surface area contributed by atoms with Crippen LogP contribution < -0.4 is 10.6 Å². The van der Waals surface area contributed by atoms with Gasteiger partial charge in [0.2, 0.25) is 0 Å². The lowest BCUT2D eigenvalue weighted by atomic mass is 9.86. The Balaban J connectivity index is 1.73. The minimum absolute atomic E-state index is 0.394. The van der Waals surface area contributed by atoms with Crippen molar-refractivity contribution in [3.63, 3.8) is 0 Å². The topological polar surface area (TPSA) is 87.1 Å². The molecule has 0 spiro atoms. The number of amides is 2. The van der Waals surface area contributed by atoms with Crippen molar-refractivity contribution in [2.24, 2.45) is 0 Å². The molecule has 1 aromatic carbocycles. The van der Waals surface area contributed by atoms with Crippen LogP contribution in [-0.2, 0) is 6.42 Å². The van der Waals surface area contributed by atoms with Crippen LogP contribution in [0.5, 0.6) is 0 Å². The number of hydrogen-bond acceptors (Lipinski definition) is 4. The van der Waals surface area contributed by atoms with Crippen molar-refractivity contribution in [3.05, 3.63) is 54.0 Å². The number of aromatic nitrogens is 2. The minimum atomic E-state index is -0.587. The normalized spacial score (nSPS) is 20.4. The summed E-state index contributed by atoms with van der Waals surface area (Å²) in [6, 6.07) is 8.64. The van der Waals surface area contributed by atoms with Crippen LogP contribution in [0.2, 0.25) is 0 Å². The van der Waals surface area contributed by atoms with Crippen LogP contribution in [0.3, 0.4) is 0 Å². The molecular formula is C15H16N4O2. The average molecular weight is 284 g/mol. The molecule has 2 atom stereocenters. The average Bonchev–Trinajstić information content (AvgIpc) is 2.51. The fourth-order valence-electron chi connectivity index (χ4n) is 2.57. The molecule has 3 rings (SSSR count). The molecule has 3 N–H and O–H groups in total. The van der Waals surface area contributed by atoms with E-state index in [9.17, 15) is 9.90 Å². The van der Waals surface area contributed by atoms with Gasteiger partial charge in [-0.15, -0.1) is 0 Å². The van der Waals surface area contributed by atoms with Crippen LogP contribution in [0.15, 0.2) is 42.9 Å². The van der Waals surface area contributed by atoms with E-state index in [4.69, 9.17) is 0 Å². The zero-order valence-corrected chi connectivity index (χ0v) is 11.4. The number of rotatable bonds is 2. The molecule has 108 valence electrons. The first-order valence-electron chi connectivity index (χ1n) is 6.83. The highest BCUT2D eigenvalue weighted by Crippen LogP contribution is 2.29. The van der Waals surface area contributed by atoms with Gasteiger partial charge in [-0.3, -0.25) is 5.32 Å². The summed E-state index contributed by atoms with van der Waals surface area (Å²) >= 11 is 0. The smallest absolute Gasteiger partial charge is 0.320 e. The Morgan fingerprint density at radius 1 is 1.29 bits per heavy atom. The van der Waals surface area contributed by atoms with E-state index in [2.05, 4.69) is 20.6 Å². The standard InChI is InChI=1S/C15H16N4O2/c20-12-6-5-10-3-1-2-4-11(10)14(12)19-15(21)18-13-7-8-16-9-17-13/h1-4,7-9,12,14,20H,5-6H2,(H2,16,17,18,19,21)/t12-,14+/m1/s1. The molecule has 2 aromatic rings. The molecule has 1 heterocycles. The van der Waals surface area contributed by atoms with Gasteiger partial charge in [0.05, 0.1) is 12.1 Å². The summed E-state index contributed by atoms with van der Waals surface area (Å²) in [6.07, 6.45) is 3.78. The predicted molar refractivity (Wildman–Crippen MR) is 77.7 cm³/mol. The second-order valence-electron chi connectivity index (χ2n) is 4.98. The number of benzene rings is 1. The lowest BCUT2D eigenvalue weighted by Gasteiger charge is -2.30. The van der Waals surface area contributed by atoms with Gasteiger partial charge in [-0.05, 0) is 30.0 Å². The van der Waals surface area contributed by atoms with Gasteiger partial charge in [-0.2, -0.15) is 0 Å². The Bertz CT molecular complexity index is 633. The molecule has 6 nitrogen and oxygen atoms in total. The zero-order valence-electron chi connectivity index (χ0n) is 11.4. The van der Waals surface area contributed by atoms with Crippen molar-refractivity contribution < 1.29 is 9.90 Å². The molecule has 1 aliphatic rings. The van der Waals surface area contributed by atoms with Gasteiger partial charge in [0.15, 0.2) is 0 Å². The minimum Gasteiger partial charge on any atom is -0.391 e. The van der Waals surface area contributed by atoms with Crippen LogP contribution in [0.25, 0.3) is 0 Å². The fraction of sp³-hybridized carbons (Fsp3) is 0.267. The molecule has 0 radical (unpaired) electrons. The van der Waals surface area contributed by atoms with E-state index in [-0.39, 0.29) is 0 Å². The largest absolute Gasteiger partial charge is 0.391 e. The van der Waals surface area contributed by atoms with Crippen molar-refractivity contribution in [3.8, 4) is 0 Å². The lowest BCUT2D eigenvalue weighted by molar-refractivity contribution is 0.114. The Labute approximate surface area is 122 Å². The van der Waals surface area contributed by atoms with Gasteiger partial charge in [0.1, 0.15) is 12.1 Å². The van der Waals surface area contributed by atoms with E-state index >= 15 is 0 Å². The number of nitrogens with zero attached hydrogens (tertiary/aromatic N) is 2. The molecule has 0 saturated carbocycles. The van der Waals surface area contributed by atoms with Gasteiger partial charge < -0.3 is 10.4 Å². The second kappa shape index (κ2) is 5.88. The van der Waals surface area contributed by atoms with E-state index < -0.39 is 18.2 Å². The molecule has 1 aromatic heterocycles. The van der Waals surface area contributed by atoms with Gasteiger partial charge in [-0.1, -0.05) is 24.3 Å². The molecule has 0 saturated heterocycles. The van der Waals surface area contributed by atoms with Gasteiger partial charge >= 0.3 is 6.03 Å². The fourth-order valence-corrected chi connectivity index (χ4v) is 2.57. The van der Waals surface area contributed by atoms with E-state index in [1.807, 2.05) is 24.3 Å². The number of aliphatic hydroxyl groups is 1. The summed E-state index contributed by atoms with van der Waals surface area (Å²) in [6.45, 7) is 0. The molecule has 1 aliphatic carbocycles. The lowest BCUT2D eigenvalue weighted by Crippen LogP contribution is -2.41.